The van der Waals surface area contributed by atoms with Crippen LogP contribution in [0.25, 0.3) is 0 Å². The van der Waals surface area contributed by atoms with E-state index in [9.17, 15) is 4.79 Å². The van der Waals surface area contributed by atoms with E-state index in [1.54, 1.807) is 6.20 Å². The Morgan fingerprint density at radius 3 is 2.65 bits per heavy atom. The van der Waals surface area contributed by atoms with Crippen LogP contribution in [0.3, 0.4) is 0 Å². The maximum Gasteiger partial charge on any atom is 0.271 e. The fourth-order valence-corrected chi connectivity index (χ4v) is 1.20. The van der Waals surface area contributed by atoms with Crippen LogP contribution in [-0.2, 0) is 0 Å². The highest BCUT2D eigenvalue weighted by Crippen LogP contribution is 2.04. The predicted octanol–water partition coefficient (Wildman–Crippen LogP) is 1.83. The Bertz CT molecular complexity index is 350. The Balaban J connectivity index is 2.58. The molecule has 2 N–H and O–H groups in total. The van der Waals surface area contributed by atoms with E-state index in [0.717, 1.165) is 12.8 Å². The number of carbonyl (C=O) groups excluding carboxylic acids is 1. The van der Waals surface area contributed by atoms with Crippen molar-refractivity contribution in [1.82, 2.24) is 15.3 Å². The van der Waals surface area contributed by atoms with Crippen LogP contribution in [-0.4, -0.2) is 28.5 Å². The number of amides is 1. The summed E-state index contributed by atoms with van der Waals surface area (Å²) in [7, 11) is 0. The van der Waals surface area contributed by atoms with Crippen LogP contribution in [0.4, 0.5) is 5.82 Å². The van der Waals surface area contributed by atoms with Crippen molar-refractivity contribution in [3.63, 3.8) is 0 Å². The van der Waals surface area contributed by atoms with Gasteiger partial charge in [0, 0.05) is 12.6 Å². The molecule has 5 nitrogen and oxygen atoms in total. The predicted molar refractivity (Wildman–Crippen MR) is 68.0 cm³/mol. The quantitative estimate of drug-likeness (QED) is 0.790. The summed E-state index contributed by atoms with van der Waals surface area (Å²) in [5.41, 5.74) is 0.355. The number of rotatable bonds is 6. The van der Waals surface area contributed by atoms with Gasteiger partial charge in [-0.2, -0.15) is 0 Å². The molecule has 0 aliphatic carbocycles. The first-order valence-electron chi connectivity index (χ1n) is 6.04. The van der Waals surface area contributed by atoms with Crippen molar-refractivity contribution in [2.24, 2.45) is 0 Å². The molecule has 0 aliphatic heterocycles. The molecule has 1 amide bonds. The summed E-state index contributed by atoms with van der Waals surface area (Å²) in [6, 6.07) is 0.351. The third-order valence-electron chi connectivity index (χ3n) is 2.43. The zero-order chi connectivity index (χ0) is 12.7. The van der Waals surface area contributed by atoms with Gasteiger partial charge < -0.3 is 10.6 Å². The van der Waals surface area contributed by atoms with Crippen LogP contribution in [0.1, 0.15) is 44.1 Å². The molecule has 0 spiro atoms. The molecule has 0 aromatic carbocycles. The topological polar surface area (TPSA) is 66.9 Å². The third kappa shape index (κ3) is 4.38. The van der Waals surface area contributed by atoms with E-state index in [2.05, 4.69) is 34.4 Å². The van der Waals surface area contributed by atoms with Gasteiger partial charge in [-0.3, -0.25) is 4.79 Å². The zero-order valence-electron chi connectivity index (χ0n) is 10.7. The molecular weight excluding hydrogens is 216 g/mol. The van der Waals surface area contributed by atoms with Crippen molar-refractivity contribution in [1.29, 1.82) is 0 Å². The summed E-state index contributed by atoms with van der Waals surface area (Å²) < 4.78 is 0. The normalized spacial score (nSPS) is 11.9. The molecule has 1 atom stereocenters. The van der Waals surface area contributed by atoms with Gasteiger partial charge in [-0.05, 0) is 19.8 Å². The molecule has 0 bridgehead atoms. The SMILES string of the molecule is CCCNC(=O)c1cnc(NC(C)CC)cn1. The van der Waals surface area contributed by atoms with E-state index in [0.29, 0.717) is 24.1 Å². The average Bonchev–Trinajstić information content (AvgIpc) is 2.36. The lowest BCUT2D eigenvalue weighted by Crippen LogP contribution is -2.25. The summed E-state index contributed by atoms with van der Waals surface area (Å²) in [6.45, 7) is 6.83. The largest absolute Gasteiger partial charge is 0.366 e. The maximum atomic E-state index is 11.6. The Morgan fingerprint density at radius 1 is 1.35 bits per heavy atom. The second kappa shape index (κ2) is 6.83. The second-order valence-electron chi connectivity index (χ2n) is 4.00. The summed E-state index contributed by atoms with van der Waals surface area (Å²) in [5.74, 6) is 0.529. The molecule has 0 fully saturated rings. The van der Waals surface area contributed by atoms with Crippen LogP contribution in [0.5, 0.6) is 0 Å². The van der Waals surface area contributed by atoms with E-state index < -0.39 is 0 Å². The molecule has 1 heterocycles. The number of aromatic nitrogens is 2. The highest BCUT2D eigenvalue weighted by molar-refractivity contribution is 5.91. The molecule has 5 heteroatoms. The summed E-state index contributed by atoms with van der Waals surface area (Å²) >= 11 is 0. The molecular formula is C12H20N4O. The molecule has 0 saturated heterocycles. The van der Waals surface area contributed by atoms with Gasteiger partial charge in [0.05, 0.1) is 12.4 Å². The van der Waals surface area contributed by atoms with Gasteiger partial charge in [0.15, 0.2) is 0 Å². The van der Waals surface area contributed by atoms with Gasteiger partial charge in [-0.15, -0.1) is 0 Å². The molecule has 17 heavy (non-hydrogen) atoms. The van der Waals surface area contributed by atoms with Crippen molar-refractivity contribution >= 4 is 11.7 Å². The number of hydrogen-bond acceptors (Lipinski definition) is 4. The Morgan fingerprint density at radius 2 is 2.12 bits per heavy atom. The van der Waals surface area contributed by atoms with Crippen LogP contribution < -0.4 is 10.6 Å². The van der Waals surface area contributed by atoms with Gasteiger partial charge >= 0.3 is 0 Å². The first-order chi connectivity index (χ1) is 8.17. The monoisotopic (exact) mass is 236 g/mol. The van der Waals surface area contributed by atoms with Crippen LogP contribution >= 0.6 is 0 Å². The summed E-state index contributed by atoms with van der Waals surface area (Å²) in [5, 5.41) is 5.95. The van der Waals surface area contributed by atoms with E-state index in [4.69, 9.17) is 0 Å². The zero-order valence-corrected chi connectivity index (χ0v) is 10.7. The molecule has 0 radical (unpaired) electrons. The highest BCUT2D eigenvalue weighted by Gasteiger charge is 2.07. The average molecular weight is 236 g/mol. The Labute approximate surface area is 102 Å². The first kappa shape index (κ1) is 13.4. The van der Waals surface area contributed by atoms with Crippen molar-refractivity contribution in [2.45, 2.75) is 39.7 Å². The lowest BCUT2D eigenvalue weighted by Gasteiger charge is -2.11. The minimum Gasteiger partial charge on any atom is -0.366 e. The van der Waals surface area contributed by atoms with Crippen LogP contribution in [0.2, 0.25) is 0 Å². The number of nitrogens with one attached hydrogen (secondary N) is 2. The van der Waals surface area contributed by atoms with Gasteiger partial charge in [0.2, 0.25) is 0 Å². The number of anilines is 1. The van der Waals surface area contributed by atoms with E-state index in [1.807, 2.05) is 6.92 Å². The molecule has 1 aromatic rings. The molecule has 0 saturated carbocycles. The van der Waals surface area contributed by atoms with Crippen molar-refractivity contribution in [3.8, 4) is 0 Å². The van der Waals surface area contributed by atoms with Crippen LogP contribution in [0.15, 0.2) is 12.4 Å². The Kier molecular flexibility index (Phi) is 5.39. The highest BCUT2D eigenvalue weighted by atomic mass is 16.1. The van der Waals surface area contributed by atoms with Gasteiger partial charge in [0.25, 0.3) is 5.91 Å². The fraction of sp³-hybridized carbons (Fsp3) is 0.583. The van der Waals surface area contributed by atoms with Crippen molar-refractivity contribution in [3.05, 3.63) is 18.1 Å². The smallest absolute Gasteiger partial charge is 0.271 e. The molecule has 1 unspecified atom stereocenters. The number of carbonyl (C=O) groups is 1. The van der Waals surface area contributed by atoms with Crippen LogP contribution in [0, 0.1) is 0 Å². The minimum absolute atomic E-state index is 0.172. The van der Waals surface area contributed by atoms with Gasteiger partial charge in [-0.1, -0.05) is 13.8 Å². The third-order valence-corrected chi connectivity index (χ3v) is 2.43. The maximum absolute atomic E-state index is 11.6. The number of hydrogen-bond donors (Lipinski definition) is 2. The second-order valence-corrected chi connectivity index (χ2v) is 4.00. The Hall–Kier alpha value is -1.65. The molecule has 0 aliphatic rings. The summed E-state index contributed by atoms with van der Waals surface area (Å²) in [6.07, 6.45) is 5.01. The fourth-order valence-electron chi connectivity index (χ4n) is 1.20. The van der Waals surface area contributed by atoms with Gasteiger partial charge in [-0.25, -0.2) is 9.97 Å². The first-order valence-corrected chi connectivity index (χ1v) is 6.04. The van der Waals surface area contributed by atoms with Crippen molar-refractivity contribution < 1.29 is 4.79 Å². The minimum atomic E-state index is -0.172. The van der Waals surface area contributed by atoms with E-state index in [-0.39, 0.29) is 5.91 Å². The molecule has 1 aromatic heterocycles. The van der Waals surface area contributed by atoms with Crippen molar-refractivity contribution in [2.75, 3.05) is 11.9 Å². The lowest BCUT2D eigenvalue weighted by atomic mass is 10.3. The van der Waals surface area contributed by atoms with E-state index in [1.165, 1.54) is 6.20 Å². The van der Waals surface area contributed by atoms with E-state index >= 15 is 0 Å². The summed E-state index contributed by atoms with van der Waals surface area (Å²) in [4.78, 5) is 19.8. The van der Waals surface area contributed by atoms with Gasteiger partial charge in [0.1, 0.15) is 11.5 Å². The standard InChI is InChI=1S/C12H20N4O/c1-4-6-13-12(17)10-7-15-11(8-14-10)16-9(3)5-2/h7-9H,4-6H2,1-3H3,(H,13,17)(H,15,16). The lowest BCUT2D eigenvalue weighted by molar-refractivity contribution is 0.0948. The molecule has 1 rings (SSSR count). The molecule has 94 valence electrons. The number of nitrogens with zero attached hydrogens (tertiary/aromatic N) is 2.